The van der Waals surface area contributed by atoms with Gasteiger partial charge >= 0.3 is 5.69 Å². The van der Waals surface area contributed by atoms with Crippen LogP contribution in [0.3, 0.4) is 0 Å². The summed E-state index contributed by atoms with van der Waals surface area (Å²) in [5.41, 5.74) is 3.39. The summed E-state index contributed by atoms with van der Waals surface area (Å²) in [6, 6.07) is 16.9. The number of rotatable bonds is 14. The predicted octanol–water partition coefficient (Wildman–Crippen LogP) is 9.19. The number of nitrogens with zero attached hydrogens (tertiary/aromatic N) is 5. The molecule has 2 saturated carbocycles. The zero-order valence-corrected chi connectivity index (χ0v) is 39.5. The third kappa shape index (κ3) is 9.59. The van der Waals surface area contributed by atoms with Crippen molar-refractivity contribution < 1.29 is 32.4 Å². The Morgan fingerprint density at radius 1 is 1.04 bits per heavy atom. The molecule has 356 valence electrons. The number of amides is 1. The molecule has 2 aromatic carbocycles. The molecule has 15 nitrogen and oxygen atoms in total. The number of likely N-dealkylation sites (tertiary alicyclic amines) is 1. The van der Waals surface area contributed by atoms with Gasteiger partial charge in [0.05, 0.1) is 33.4 Å². The second-order valence-corrected chi connectivity index (χ2v) is 21.6. The lowest BCUT2D eigenvalue weighted by Crippen LogP contribution is -2.63. The molecular formula is C50H61FN8O7S. The van der Waals surface area contributed by atoms with Crippen molar-refractivity contribution in [1.82, 2.24) is 24.6 Å². The number of hydrogen-bond acceptors (Lipinski definition) is 12. The number of aromatic nitrogens is 3. The Kier molecular flexibility index (Phi) is 12.8. The van der Waals surface area contributed by atoms with Gasteiger partial charge in [0.15, 0.2) is 0 Å². The van der Waals surface area contributed by atoms with E-state index in [4.69, 9.17) is 4.74 Å². The summed E-state index contributed by atoms with van der Waals surface area (Å²) in [6.45, 7) is 12.3. The van der Waals surface area contributed by atoms with E-state index < -0.39 is 42.9 Å². The third-order valence-electron chi connectivity index (χ3n) is 15.0. The van der Waals surface area contributed by atoms with Gasteiger partial charge in [0.2, 0.25) is 5.82 Å². The molecule has 4 aliphatic rings. The standard InChI is InChI=1S/C50H61FN8O7S/c1-5-41-45(25-39-40(51)28-54-46(39)55-41)66-44-23-33(57-21-19-50(20-22-57)29-58(30-50)42-12-8-11-37(42)36-10-7-6-9-35(36)31(2)3)13-14-38(44)48(60)56-67(64,65)34-24-43(59(62)63)47(53-27-34)52-26-32-15-17-49(4,61)18-16-32/h6-7,9-10,13-14,23-25,27-28,31-32,37,42,61H,5,8,11-12,15-22,26,29-30H2,1-4H3,(H,52,53)(H,54,55)(H,56,60)/t32-,37-,42-,49-/m0/s1. The van der Waals surface area contributed by atoms with Crippen molar-refractivity contribution in [2.45, 2.75) is 120 Å². The Morgan fingerprint density at radius 3 is 2.51 bits per heavy atom. The Bertz CT molecular complexity index is 2770. The number of nitro groups is 1. The number of nitrogens with one attached hydrogen (secondary N) is 3. The molecule has 5 aromatic rings. The van der Waals surface area contributed by atoms with Crippen LogP contribution in [0.15, 0.2) is 71.9 Å². The summed E-state index contributed by atoms with van der Waals surface area (Å²) in [5, 5.41) is 25.7. The van der Waals surface area contributed by atoms with Crippen LogP contribution in [0.25, 0.3) is 11.0 Å². The highest BCUT2D eigenvalue weighted by Crippen LogP contribution is 2.49. The van der Waals surface area contributed by atoms with Crippen LogP contribution < -0.4 is 19.7 Å². The van der Waals surface area contributed by atoms with Crippen molar-refractivity contribution >= 4 is 44.2 Å². The number of aryl methyl sites for hydroxylation is 1. The second kappa shape index (κ2) is 18.4. The van der Waals surface area contributed by atoms with Crippen molar-refractivity contribution in [1.29, 1.82) is 0 Å². The summed E-state index contributed by atoms with van der Waals surface area (Å²) < 4.78 is 51.0. The number of pyridine rings is 2. The van der Waals surface area contributed by atoms with Crippen LogP contribution >= 0.6 is 0 Å². The fourth-order valence-corrected chi connectivity index (χ4v) is 12.0. The SMILES string of the molecule is CCc1nc2[nH]cc(F)c2cc1Oc1cc(N2CCC3(CC2)CN([C@H]2CCC[C@H]2c2ccccc2C(C)C)C3)ccc1C(=O)NS(=O)(=O)c1cnc(NC[C@H]2CC[C@](C)(O)CC2)c([N+](=O)[O-])c1. The lowest BCUT2D eigenvalue weighted by molar-refractivity contribution is -0.384. The summed E-state index contributed by atoms with van der Waals surface area (Å²) in [5.74, 6) is -0.238. The van der Waals surface area contributed by atoms with Crippen LogP contribution in [0.5, 0.6) is 11.5 Å². The van der Waals surface area contributed by atoms with Crippen molar-refractivity contribution in [3.63, 3.8) is 0 Å². The molecule has 0 bridgehead atoms. The maximum atomic E-state index is 14.8. The van der Waals surface area contributed by atoms with Gasteiger partial charge in [-0.1, -0.05) is 51.5 Å². The number of aromatic amines is 1. The maximum absolute atomic E-state index is 14.8. The topological polar surface area (TPSA) is 196 Å². The molecule has 2 atom stereocenters. The number of fused-ring (bicyclic) bond motifs is 1. The number of piperidine rings is 1. The molecule has 2 saturated heterocycles. The second-order valence-electron chi connectivity index (χ2n) is 19.9. The number of H-pyrrole nitrogens is 1. The lowest BCUT2D eigenvalue weighted by atomic mass is 9.70. The minimum absolute atomic E-state index is 0.0360. The Balaban J connectivity index is 0.927. The fourth-order valence-electron chi connectivity index (χ4n) is 11.0. The van der Waals surface area contributed by atoms with E-state index in [9.17, 15) is 32.8 Å². The highest BCUT2D eigenvalue weighted by molar-refractivity contribution is 7.90. The quantitative estimate of drug-likeness (QED) is 0.0610. The van der Waals surface area contributed by atoms with Crippen molar-refractivity contribution in [3.8, 4) is 11.5 Å². The zero-order chi connectivity index (χ0) is 47.3. The maximum Gasteiger partial charge on any atom is 0.312 e. The van der Waals surface area contributed by atoms with Crippen LogP contribution in [-0.4, -0.2) is 88.6 Å². The van der Waals surface area contributed by atoms with Gasteiger partial charge in [-0.2, -0.15) is 0 Å². The number of halogens is 1. The van der Waals surface area contributed by atoms with E-state index in [1.165, 1.54) is 48.7 Å². The fraction of sp³-hybridized carbons (Fsp3) is 0.500. The van der Waals surface area contributed by atoms with E-state index in [0.717, 1.165) is 69.8 Å². The molecule has 5 heterocycles. The highest BCUT2D eigenvalue weighted by Gasteiger charge is 2.49. The number of ether oxygens (including phenoxy) is 1. The highest BCUT2D eigenvalue weighted by atomic mass is 32.2. The monoisotopic (exact) mass is 936 g/mol. The van der Waals surface area contributed by atoms with Crippen molar-refractivity contribution in [2.24, 2.45) is 11.3 Å². The number of carbonyl (C=O) groups is 1. The first kappa shape index (κ1) is 46.5. The Hall–Kier alpha value is -5.65. The van der Waals surface area contributed by atoms with Gasteiger partial charge in [0.1, 0.15) is 27.9 Å². The minimum atomic E-state index is -4.69. The largest absolute Gasteiger partial charge is 0.455 e. The molecule has 2 aliphatic heterocycles. The third-order valence-corrected chi connectivity index (χ3v) is 16.3. The van der Waals surface area contributed by atoms with E-state index in [2.05, 4.69) is 72.9 Å². The van der Waals surface area contributed by atoms with Crippen LogP contribution in [-0.2, 0) is 16.4 Å². The molecule has 1 spiro atoms. The predicted molar refractivity (Wildman–Crippen MR) is 255 cm³/mol. The van der Waals surface area contributed by atoms with E-state index in [-0.39, 0.29) is 39.6 Å². The Morgan fingerprint density at radius 2 is 1.79 bits per heavy atom. The summed E-state index contributed by atoms with van der Waals surface area (Å²) in [7, 11) is -4.69. The van der Waals surface area contributed by atoms with E-state index in [0.29, 0.717) is 55.0 Å². The number of benzene rings is 2. The molecule has 3 aromatic heterocycles. The molecule has 0 unspecified atom stereocenters. The first-order valence-corrected chi connectivity index (χ1v) is 25.2. The average molecular weight is 937 g/mol. The van der Waals surface area contributed by atoms with Gasteiger partial charge < -0.3 is 25.0 Å². The van der Waals surface area contributed by atoms with E-state index in [1.807, 2.05) is 6.92 Å². The lowest BCUT2D eigenvalue weighted by Gasteiger charge is -2.57. The van der Waals surface area contributed by atoms with Gasteiger partial charge in [-0.15, -0.1) is 0 Å². The first-order chi connectivity index (χ1) is 32.0. The normalized spacial score (nSPS) is 23.1. The van der Waals surface area contributed by atoms with Crippen LogP contribution in [0.4, 0.5) is 21.6 Å². The summed E-state index contributed by atoms with van der Waals surface area (Å²) >= 11 is 0. The zero-order valence-electron chi connectivity index (χ0n) is 38.7. The number of anilines is 2. The number of carbonyl (C=O) groups excluding carboxylic acids is 1. The molecule has 9 rings (SSSR count). The molecule has 0 radical (unpaired) electrons. The van der Waals surface area contributed by atoms with Gasteiger partial charge in [0.25, 0.3) is 15.9 Å². The van der Waals surface area contributed by atoms with Crippen LogP contribution in [0.2, 0.25) is 0 Å². The molecule has 1 amide bonds. The van der Waals surface area contributed by atoms with Gasteiger partial charge in [-0.3, -0.25) is 19.8 Å². The summed E-state index contributed by atoms with van der Waals surface area (Å²) in [6.07, 6.45) is 10.9. The molecule has 17 heteroatoms. The smallest absolute Gasteiger partial charge is 0.312 e. The molecule has 2 aliphatic carbocycles. The van der Waals surface area contributed by atoms with Gasteiger partial charge in [-0.25, -0.2) is 27.5 Å². The molecule has 67 heavy (non-hydrogen) atoms. The Labute approximate surface area is 391 Å². The van der Waals surface area contributed by atoms with Crippen LogP contribution in [0.1, 0.15) is 124 Å². The first-order valence-electron chi connectivity index (χ1n) is 23.8. The van der Waals surface area contributed by atoms with E-state index in [1.54, 1.807) is 19.1 Å². The molecule has 4 N–H and O–H groups in total. The van der Waals surface area contributed by atoms with Gasteiger partial charge in [0, 0.05) is 62.8 Å². The molecule has 4 fully saturated rings. The number of aliphatic hydroxyl groups is 1. The number of hydrogen-bond donors (Lipinski definition) is 4. The average Bonchev–Trinajstić information content (AvgIpc) is 3.93. The van der Waals surface area contributed by atoms with E-state index >= 15 is 0 Å². The summed E-state index contributed by atoms with van der Waals surface area (Å²) in [4.78, 5) is 41.4. The number of sulfonamides is 1. The van der Waals surface area contributed by atoms with Crippen LogP contribution in [0, 0.1) is 27.3 Å². The molecular weight excluding hydrogens is 876 g/mol. The minimum Gasteiger partial charge on any atom is -0.455 e. The van der Waals surface area contributed by atoms with Crippen molar-refractivity contribution in [3.05, 3.63) is 105 Å². The van der Waals surface area contributed by atoms with Gasteiger partial charge in [-0.05, 0) is 117 Å². The van der Waals surface area contributed by atoms with Crippen molar-refractivity contribution in [2.75, 3.05) is 42.9 Å².